The lowest BCUT2D eigenvalue weighted by Gasteiger charge is -2.40. The number of nitrogens with two attached hydrogens (primary N) is 1. The Labute approximate surface area is 161 Å². The fourth-order valence-corrected chi connectivity index (χ4v) is 3.49. The van der Waals surface area contributed by atoms with Crippen LogP contribution in [0.5, 0.6) is 0 Å². The summed E-state index contributed by atoms with van der Waals surface area (Å²) in [5, 5.41) is 0. The summed E-state index contributed by atoms with van der Waals surface area (Å²) in [5.41, 5.74) is 7.34. The standard InChI is InChI=1S/C23H41NO2/c1-4-7-8-9-10-12-17-22(20-24)23(25-18-5-2,26-19-6-3)21-15-13-11-14-16-21/h11,13-16,22H,4-10,12,17-20,24H2,1-3H3. The zero-order valence-electron chi connectivity index (χ0n) is 17.3. The summed E-state index contributed by atoms with van der Waals surface area (Å²) >= 11 is 0. The van der Waals surface area contributed by atoms with Gasteiger partial charge in [-0.2, -0.15) is 0 Å². The van der Waals surface area contributed by atoms with E-state index in [0.717, 1.165) is 24.8 Å². The third kappa shape index (κ3) is 7.38. The molecule has 1 unspecified atom stereocenters. The second-order valence-electron chi connectivity index (χ2n) is 7.22. The molecule has 1 aromatic carbocycles. The normalized spacial score (nSPS) is 13.1. The molecule has 0 saturated heterocycles. The van der Waals surface area contributed by atoms with Crippen molar-refractivity contribution in [2.45, 2.75) is 84.3 Å². The third-order valence-corrected chi connectivity index (χ3v) is 4.95. The highest BCUT2D eigenvalue weighted by Gasteiger charge is 2.41. The minimum atomic E-state index is -0.717. The number of benzene rings is 1. The van der Waals surface area contributed by atoms with Crippen LogP contribution in [-0.4, -0.2) is 19.8 Å². The van der Waals surface area contributed by atoms with E-state index in [-0.39, 0.29) is 5.92 Å². The molecule has 0 radical (unpaired) electrons. The summed E-state index contributed by atoms with van der Waals surface area (Å²) < 4.78 is 12.8. The summed E-state index contributed by atoms with van der Waals surface area (Å²) in [5.74, 6) is -0.542. The lowest BCUT2D eigenvalue weighted by Crippen LogP contribution is -2.45. The third-order valence-electron chi connectivity index (χ3n) is 4.95. The summed E-state index contributed by atoms with van der Waals surface area (Å²) in [6.45, 7) is 8.49. The van der Waals surface area contributed by atoms with Gasteiger partial charge in [0.2, 0.25) is 0 Å². The van der Waals surface area contributed by atoms with Crippen molar-refractivity contribution in [1.29, 1.82) is 0 Å². The Balaban J connectivity index is 2.90. The maximum absolute atomic E-state index is 6.41. The van der Waals surface area contributed by atoms with Crippen molar-refractivity contribution in [3.05, 3.63) is 35.9 Å². The molecule has 0 aromatic heterocycles. The van der Waals surface area contributed by atoms with E-state index in [1.54, 1.807) is 0 Å². The van der Waals surface area contributed by atoms with Crippen LogP contribution in [0.4, 0.5) is 0 Å². The van der Waals surface area contributed by atoms with Gasteiger partial charge in [-0.25, -0.2) is 0 Å². The summed E-state index contributed by atoms with van der Waals surface area (Å²) in [4.78, 5) is 0. The molecule has 3 nitrogen and oxygen atoms in total. The second-order valence-corrected chi connectivity index (χ2v) is 7.22. The summed E-state index contributed by atoms with van der Waals surface area (Å²) in [6, 6.07) is 10.4. The van der Waals surface area contributed by atoms with Crippen molar-refractivity contribution in [3.8, 4) is 0 Å². The van der Waals surface area contributed by atoms with Gasteiger partial charge in [-0.1, -0.05) is 89.6 Å². The van der Waals surface area contributed by atoms with E-state index in [1.807, 2.05) is 6.07 Å². The van der Waals surface area contributed by atoms with Gasteiger partial charge in [0.1, 0.15) is 0 Å². The van der Waals surface area contributed by atoms with Gasteiger partial charge in [0.05, 0.1) is 13.2 Å². The number of ether oxygens (including phenoxy) is 2. The fraction of sp³-hybridized carbons (Fsp3) is 0.739. The van der Waals surface area contributed by atoms with E-state index in [4.69, 9.17) is 15.2 Å². The molecule has 3 heteroatoms. The second kappa shape index (κ2) is 14.2. The van der Waals surface area contributed by atoms with Gasteiger partial charge < -0.3 is 15.2 Å². The number of hydrogen-bond donors (Lipinski definition) is 1. The van der Waals surface area contributed by atoms with Crippen LogP contribution in [0, 0.1) is 5.92 Å². The number of rotatable bonds is 16. The summed E-state index contributed by atoms with van der Waals surface area (Å²) in [6.07, 6.45) is 10.7. The molecule has 0 bridgehead atoms. The molecule has 0 saturated carbocycles. The number of unbranched alkanes of at least 4 members (excludes halogenated alkanes) is 5. The molecule has 26 heavy (non-hydrogen) atoms. The lowest BCUT2D eigenvalue weighted by atomic mass is 9.86. The van der Waals surface area contributed by atoms with E-state index in [9.17, 15) is 0 Å². The van der Waals surface area contributed by atoms with Gasteiger partial charge in [0.15, 0.2) is 5.79 Å². The maximum Gasteiger partial charge on any atom is 0.198 e. The predicted molar refractivity (Wildman–Crippen MR) is 111 cm³/mol. The zero-order chi connectivity index (χ0) is 19.1. The molecule has 0 aliphatic rings. The smallest absolute Gasteiger partial charge is 0.198 e. The van der Waals surface area contributed by atoms with Crippen LogP contribution in [0.1, 0.15) is 84.1 Å². The fourth-order valence-electron chi connectivity index (χ4n) is 3.49. The highest BCUT2D eigenvalue weighted by molar-refractivity contribution is 5.21. The van der Waals surface area contributed by atoms with Crippen LogP contribution in [0.3, 0.4) is 0 Å². The average molecular weight is 364 g/mol. The van der Waals surface area contributed by atoms with Crippen molar-refractivity contribution in [1.82, 2.24) is 0 Å². The molecule has 0 aliphatic carbocycles. The first kappa shape index (κ1) is 23.1. The molecule has 150 valence electrons. The monoisotopic (exact) mass is 363 g/mol. The van der Waals surface area contributed by atoms with Crippen LogP contribution >= 0.6 is 0 Å². The molecular formula is C23H41NO2. The maximum atomic E-state index is 6.41. The predicted octanol–water partition coefficient (Wildman–Crippen LogP) is 6.02. The Bertz CT molecular complexity index is 427. The molecule has 0 amide bonds. The Hall–Kier alpha value is -0.900. The van der Waals surface area contributed by atoms with Gasteiger partial charge in [-0.05, 0) is 19.3 Å². The largest absolute Gasteiger partial charge is 0.346 e. The van der Waals surface area contributed by atoms with Gasteiger partial charge in [-0.15, -0.1) is 0 Å². The van der Waals surface area contributed by atoms with Crippen molar-refractivity contribution < 1.29 is 9.47 Å². The van der Waals surface area contributed by atoms with Crippen molar-refractivity contribution in [2.24, 2.45) is 11.7 Å². The molecule has 0 heterocycles. The van der Waals surface area contributed by atoms with Crippen molar-refractivity contribution in [3.63, 3.8) is 0 Å². The van der Waals surface area contributed by atoms with E-state index >= 15 is 0 Å². The minimum absolute atomic E-state index is 0.175. The van der Waals surface area contributed by atoms with Crippen LogP contribution in [-0.2, 0) is 15.3 Å². The lowest BCUT2D eigenvalue weighted by molar-refractivity contribution is -0.278. The number of hydrogen-bond acceptors (Lipinski definition) is 3. The highest BCUT2D eigenvalue weighted by Crippen LogP contribution is 2.38. The molecule has 0 spiro atoms. The Morgan fingerprint density at radius 1 is 0.808 bits per heavy atom. The van der Waals surface area contributed by atoms with Gasteiger partial charge in [0, 0.05) is 18.0 Å². The zero-order valence-corrected chi connectivity index (χ0v) is 17.3. The molecular weight excluding hydrogens is 322 g/mol. The highest BCUT2D eigenvalue weighted by atomic mass is 16.7. The van der Waals surface area contributed by atoms with Gasteiger partial charge in [-0.3, -0.25) is 0 Å². The summed E-state index contributed by atoms with van der Waals surface area (Å²) in [7, 11) is 0. The quantitative estimate of drug-likeness (QED) is 0.288. The first-order valence-electron chi connectivity index (χ1n) is 10.8. The van der Waals surface area contributed by atoms with E-state index in [1.165, 1.54) is 38.5 Å². The first-order valence-corrected chi connectivity index (χ1v) is 10.8. The first-order chi connectivity index (χ1) is 12.7. The van der Waals surface area contributed by atoms with Gasteiger partial charge in [0.25, 0.3) is 0 Å². The molecule has 2 N–H and O–H groups in total. The Kier molecular flexibility index (Phi) is 12.6. The van der Waals surface area contributed by atoms with Crippen LogP contribution in [0.2, 0.25) is 0 Å². The van der Waals surface area contributed by atoms with Crippen LogP contribution in [0.15, 0.2) is 30.3 Å². The van der Waals surface area contributed by atoms with E-state index in [2.05, 4.69) is 45.0 Å². The van der Waals surface area contributed by atoms with Crippen LogP contribution < -0.4 is 5.73 Å². The average Bonchev–Trinajstić information content (AvgIpc) is 2.69. The Morgan fingerprint density at radius 2 is 1.38 bits per heavy atom. The SMILES string of the molecule is CCCCCCCCC(CN)C(OCCC)(OCCC)c1ccccc1. The van der Waals surface area contributed by atoms with Crippen LogP contribution in [0.25, 0.3) is 0 Å². The van der Waals surface area contributed by atoms with Gasteiger partial charge >= 0.3 is 0 Å². The van der Waals surface area contributed by atoms with E-state index in [0.29, 0.717) is 19.8 Å². The topological polar surface area (TPSA) is 44.5 Å². The minimum Gasteiger partial charge on any atom is -0.346 e. The molecule has 0 aliphatic heterocycles. The molecule has 0 fully saturated rings. The molecule has 1 atom stereocenters. The van der Waals surface area contributed by atoms with Crippen molar-refractivity contribution in [2.75, 3.05) is 19.8 Å². The van der Waals surface area contributed by atoms with E-state index < -0.39 is 5.79 Å². The molecule has 1 aromatic rings. The van der Waals surface area contributed by atoms with Crippen molar-refractivity contribution >= 4 is 0 Å². The molecule has 1 rings (SSSR count). The Morgan fingerprint density at radius 3 is 1.92 bits per heavy atom.